The van der Waals surface area contributed by atoms with Crippen LogP contribution in [0.1, 0.15) is 33.6 Å². The highest BCUT2D eigenvalue weighted by Gasteiger charge is 2.16. The van der Waals surface area contributed by atoms with Crippen LogP contribution in [0.3, 0.4) is 0 Å². The second-order valence-electron chi connectivity index (χ2n) is 3.52. The van der Waals surface area contributed by atoms with Crippen molar-refractivity contribution in [2.24, 2.45) is 0 Å². The van der Waals surface area contributed by atoms with Crippen molar-refractivity contribution in [3.05, 3.63) is 6.92 Å². The Morgan fingerprint density at radius 2 is 2.00 bits per heavy atom. The molecule has 0 N–H and O–H groups in total. The number of ether oxygens (including phenoxy) is 2. The second-order valence-corrected chi connectivity index (χ2v) is 3.52. The molecule has 0 spiro atoms. The van der Waals surface area contributed by atoms with E-state index < -0.39 is 11.8 Å². The SMILES string of the molecule is [CH2]CCCOC(=O)OC(C)(C)C. The molecule has 3 heteroatoms. The van der Waals surface area contributed by atoms with Gasteiger partial charge in [0.25, 0.3) is 0 Å². The smallest absolute Gasteiger partial charge is 0.434 e. The largest absolute Gasteiger partial charge is 0.508 e. The van der Waals surface area contributed by atoms with E-state index in [9.17, 15) is 4.79 Å². The zero-order valence-electron chi connectivity index (χ0n) is 8.05. The molecule has 0 fully saturated rings. The predicted octanol–water partition coefficient (Wildman–Crippen LogP) is 2.55. The van der Waals surface area contributed by atoms with E-state index in [0.29, 0.717) is 6.61 Å². The van der Waals surface area contributed by atoms with Gasteiger partial charge in [0, 0.05) is 0 Å². The van der Waals surface area contributed by atoms with Crippen molar-refractivity contribution >= 4 is 6.16 Å². The van der Waals surface area contributed by atoms with Crippen LogP contribution in [0.5, 0.6) is 0 Å². The first-order valence-corrected chi connectivity index (χ1v) is 4.11. The lowest BCUT2D eigenvalue weighted by Crippen LogP contribution is -2.24. The normalized spacial score (nSPS) is 11.0. The molecule has 71 valence electrons. The Hall–Kier alpha value is -0.730. The quantitative estimate of drug-likeness (QED) is 0.486. The minimum Gasteiger partial charge on any atom is -0.434 e. The Morgan fingerprint density at radius 1 is 1.42 bits per heavy atom. The molecule has 0 saturated carbocycles. The van der Waals surface area contributed by atoms with Gasteiger partial charge in [-0.3, -0.25) is 0 Å². The highest BCUT2D eigenvalue weighted by atomic mass is 16.7. The van der Waals surface area contributed by atoms with Gasteiger partial charge < -0.3 is 9.47 Å². The van der Waals surface area contributed by atoms with E-state index in [0.717, 1.165) is 12.8 Å². The fourth-order valence-corrected chi connectivity index (χ4v) is 0.537. The van der Waals surface area contributed by atoms with E-state index in [4.69, 9.17) is 9.47 Å². The highest BCUT2D eigenvalue weighted by Crippen LogP contribution is 2.08. The Balaban J connectivity index is 3.47. The van der Waals surface area contributed by atoms with Gasteiger partial charge in [0.2, 0.25) is 0 Å². The summed E-state index contributed by atoms with van der Waals surface area (Å²) < 4.78 is 9.66. The second kappa shape index (κ2) is 5.01. The molecular formula is C9H17O3. The van der Waals surface area contributed by atoms with Gasteiger partial charge in [0.15, 0.2) is 0 Å². The van der Waals surface area contributed by atoms with Gasteiger partial charge in [-0.1, -0.05) is 13.3 Å². The van der Waals surface area contributed by atoms with Crippen LogP contribution in [0.2, 0.25) is 0 Å². The molecule has 0 aromatic carbocycles. The van der Waals surface area contributed by atoms with Gasteiger partial charge >= 0.3 is 6.16 Å². The number of unbranched alkanes of at least 4 members (excludes halogenated alkanes) is 1. The topological polar surface area (TPSA) is 35.5 Å². The summed E-state index contributed by atoms with van der Waals surface area (Å²) in [5, 5.41) is 0. The van der Waals surface area contributed by atoms with Crippen LogP contribution in [0.25, 0.3) is 0 Å². The molecule has 0 aromatic rings. The maximum atomic E-state index is 10.9. The number of hydrogen-bond acceptors (Lipinski definition) is 3. The van der Waals surface area contributed by atoms with E-state index in [1.54, 1.807) is 20.8 Å². The van der Waals surface area contributed by atoms with Crippen molar-refractivity contribution in [2.45, 2.75) is 39.2 Å². The van der Waals surface area contributed by atoms with Crippen LogP contribution in [0.4, 0.5) is 4.79 Å². The Labute approximate surface area is 74.0 Å². The van der Waals surface area contributed by atoms with E-state index in [-0.39, 0.29) is 0 Å². The molecule has 0 rings (SSSR count). The Bertz CT molecular complexity index is 135. The summed E-state index contributed by atoms with van der Waals surface area (Å²) in [6.45, 7) is 9.42. The number of carbonyl (C=O) groups excluding carboxylic acids is 1. The van der Waals surface area contributed by atoms with Crippen molar-refractivity contribution in [3.63, 3.8) is 0 Å². The summed E-state index contributed by atoms with van der Waals surface area (Å²) in [7, 11) is 0. The molecule has 0 heterocycles. The maximum Gasteiger partial charge on any atom is 0.508 e. The fourth-order valence-electron chi connectivity index (χ4n) is 0.537. The highest BCUT2D eigenvalue weighted by molar-refractivity contribution is 5.60. The van der Waals surface area contributed by atoms with Crippen LogP contribution in [0.15, 0.2) is 0 Å². The first-order valence-electron chi connectivity index (χ1n) is 4.11. The Morgan fingerprint density at radius 3 is 2.42 bits per heavy atom. The van der Waals surface area contributed by atoms with Crippen LogP contribution in [-0.4, -0.2) is 18.4 Å². The summed E-state index contributed by atoms with van der Waals surface area (Å²) >= 11 is 0. The molecule has 0 aromatic heterocycles. The van der Waals surface area contributed by atoms with Gasteiger partial charge in [0.05, 0.1) is 6.61 Å². The molecule has 0 saturated heterocycles. The molecule has 0 bridgehead atoms. The molecule has 0 amide bonds. The summed E-state index contributed by atoms with van der Waals surface area (Å²) in [5.41, 5.74) is -0.471. The maximum absolute atomic E-state index is 10.9. The molecule has 3 nitrogen and oxygen atoms in total. The standard InChI is InChI=1S/C9H17O3/c1-5-6-7-11-8(10)12-9(2,3)4/h1,5-7H2,2-4H3. The van der Waals surface area contributed by atoms with Crippen molar-refractivity contribution in [3.8, 4) is 0 Å². The predicted molar refractivity (Wildman–Crippen MR) is 46.8 cm³/mol. The van der Waals surface area contributed by atoms with E-state index in [2.05, 4.69) is 6.92 Å². The van der Waals surface area contributed by atoms with Crippen LogP contribution in [0, 0.1) is 6.92 Å². The van der Waals surface area contributed by atoms with E-state index in [1.165, 1.54) is 0 Å². The molecule has 0 aliphatic heterocycles. The van der Waals surface area contributed by atoms with Gasteiger partial charge in [-0.15, -0.1) is 0 Å². The Kier molecular flexibility index (Phi) is 4.71. The molecule has 0 atom stereocenters. The molecular weight excluding hydrogens is 156 g/mol. The number of carbonyl (C=O) groups is 1. The minimum absolute atomic E-state index is 0.387. The molecule has 12 heavy (non-hydrogen) atoms. The first-order chi connectivity index (χ1) is 5.45. The van der Waals surface area contributed by atoms with Crippen LogP contribution in [-0.2, 0) is 9.47 Å². The monoisotopic (exact) mass is 173 g/mol. The third-order valence-corrected chi connectivity index (χ3v) is 1.00. The van der Waals surface area contributed by atoms with Crippen molar-refractivity contribution in [2.75, 3.05) is 6.61 Å². The third kappa shape index (κ3) is 7.38. The van der Waals surface area contributed by atoms with Gasteiger partial charge in [0.1, 0.15) is 5.60 Å². The first kappa shape index (κ1) is 11.3. The van der Waals surface area contributed by atoms with E-state index >= 15 is 0 Å². The van der Waals surface area contributed by atoms with Crippen molar-refractivity contribution in [1.82, 2.24) is 0 Å². The lowest BCUT2D eigenvalue weighted by atomic mass is 10.2. The summed E-state index contributed by atoms with van der Waals surface area (Å²) in [4.78, 5) is 10.9. The van der Waals surface area contributed by atoms with Gasteiger partial charge in [-0.05, 0) is 27.2 Å². The van der Waals surface area contributed by atoms with Gasteiger partial charge in [-0.25, -0.2) is 4.79 Å². The summed E-state index contributed by atoms with van der Waals surface area (Å²) in [6, 6.07) is 0. The molecule has 0 aliphatic rings. The minimum atomic E-state index is -0.601. The lowest BCUT2D eigenvalue weighted by Gasteiger charge is -2.18. The average Bonchev–Trinajstić information content (AvgIpc) is 1.84. The lowest BCUT2D eigenvalue weighted by molar-refractivity contribution is -0.00739. The van der Waals surface area contributed by atoms with Crippen LogP contribution >= 0.6 is 0 Å². The van der Waals surface area contributed by atoms with E-state index in [1.807, 2.05) is 0 Å². The average molecular weight is 173 g/mol. The van der Waals surface area contributed by atoms with Crippen molar-refractivity contribution < 1.29 is 14.3 Å². The van der Waals surface area contributed by atoms with Gasteiger partial charge in [-0.2, -0.15) is 0 Å². The summed E-state index contributed by atoms with van der Waals surface area (Å²) in [6.07, 6.45) is 0.943. The van der Waals surface area contributed by atoms with Crippen LogP contribution < -0.4 is 0 Å². The van der Waals surface area contributed by atoms with Crippen molar-refractivity contribution in [1.29, 1.82) is 0 Å². The third-order valence-electron chi connectivity index (χ3n) is 1.00. The molecule has 0 aliphatic carbocycles. The molecule has 1 radical (unpaired) electrons. The molecule has 0 unspecified atom stereocenters. The summed E-state index contributed by atoms with van der Waals surface area (Å²) in [5.74, 6) is 0. The number of hydrogen-bond donors (Lipinski definition) is 0. The fraction of sp³-hybridized carbons (Fsp3) is 0.778. The number of rotatable bonds is 3. The zero-order valence-corrected chi connectivity index (χ0v) is 8.05. The zero-order chi connectivity index (χ0) is 9.61.